The van der Waals surface area contributed by atoms with Crippen LogP contribution in [0.4, 0.5) is 8.78 Å². The lowest BCUT2D eigenvalue weighted by Gasteiger charge is -2.29. The van der Waals surface area contributed by atoms with Crippen LogP contribution >= 0.6 is 23.2 Å². The molecule has 1 aliphatic rings. The lowest BCUT2D eigenvalue weighted by atomic mass is 9.86. The molecule has 1 N–H and O–H groups in total. The smallest absolute Gasteiger partial charge is 0.335 e. The van der Waals surface area contributed by atoms with E-state index >= 15 is 0 Å². The normalized spacial score (nSPS) is 17.5. The number of rotatable bonds is 7. The molecule has 4 aromatic rings. The van der Waals surface area contributed by atoms with E-state index < -0.39 is 18.0 Å². The number of pyridine rings is 2. The van der Waals surface area contributed by atoms with Gasteiger partial charge in [0.15, 0.2) is 5.65 Å². The van der Waals surface area contributed by atoms with Gasteiger partial charge in [0.05, 0.1) is 33.9 Å². The highest BCUT2D eigenvalue weighted by molar-refractivity contribution is 6.32. The van der Waals surface area contributed by atoms with Crippen LogP contribution in [0.15, 0.2) is 53.6 Å². The number of halogens is 4. The molecule has 3 aromatic heterocycles. The molecule has 39 heavy (non-hydrogen) atoms. The first-order chi connectivity index (χ1) is 18.8. The first-order valence-corrected chi connectivity index (χ1v) is 13.2. The van der Waals surface area contributed by atoms with E-state index in [1.165, 1.54) is 6.07 Å². The highest BCUT2D eigenvalue weighted by Gasteiger charge is 2.27. The molecule has 1 aliphatic carbocycles. The van der Waals surface area contributed by atoms with Crippen LogP contribution in [0.3, 0.4) is 0 Å². The number of benzene rings is 1. The van der Waals surface area contributed by atoms with E-state index in [1.54, 1.807) is 46.7 Å². The molecule has 5 rings (SSSR count). The Hall–Kier alpha value is -3.50. The van der Waals surface area contributed by atoms with Crippen LogP contribution in [0.5, 0.6) is 5.75 Å². The summed E-state index contributed by atoms with van der Waals surface area (Å²) < 4.78 is 35.2. The summed E-state index contributed by atoms with van der Waals surface area (Å²) in [5, 5.41) is 3.36. The average molecular weight is 576 g/mol. The maximum absolute atomic E-state index is 13.6. The van der Waals surface area contributed by atoms with Gasteiger partial charge in [-0.1, -0.05) is 23.2 Å². The number of carbonyl (C=O) groups excluding carboxylic acids is 1. The molecule has 0 spiro atoms. The molecule has 0 bridgehead atoms. The molecule has 1 amide bonds. The molecule has 12 heteroatoms. The van der Waals surface area contributed by atoms with Gasteiger partial charge in [0.25, 0.3) is 12.3 Å². The second-order valence-corrected chi connectivity index (χ2v) is 10.3. The molecule has 8 nitrogen and oxygen atoms in total. The summed E-state index contributed by atoms with van der Waals surface area (Å²) in [5.74, 6) is 0.102. The Labute approximate surface area is 232 Å². The Morgan fingerprint density at radius 1 is 1.15 bits per heavy atom. The maximum atomic E-state index is 13.6. The molecular formula is C27H25Cl2F2N5O3. The molecule has 0 radical (unpaired) electrons. The second kappa shape index (κ2) is 11.3. The minimum atomic E-state index is -2.89. The lowest BCUT2D eigenvalue weighted by molar-refractivity contribution is 0.0904. The fourth-order valence-electron chi connectivity index (χ4n) is 5.09. The number of nitrogens with zero attached hydrogens (tertiary/aromatic N) is 4. The lowest BCUT2D eigenvalue weighted by Crippen LogP contribution is -2.39. The van der Waals surface area contributed by atoms with Gasteiger partial charge in [0.1, 0.15) is 11.4 Å². The third-order valence-corrected chi connectivity index (χ3v) is 7.56. The molecule has 204 valence electrons. The quantitative estimate of drug-likeness (QED) is 0.299. The number of methoxy groups -OCH3 is 1. The van der Waals surface area contributed by atoms with Crippen molar-refractivity contribution < 1.29 is 18.3 Å². The summed E-state index contributed by atoms with van der Waals surface area (Å²) in [7, 11) is 1.54. The molecule has 1 aromatic carbocycles. The average Bonchev–Trinajstić information content (AvgIpc) is 3.20. The molecule has 1 saturated carbocycles. The topological polar surface area (TPSA) is 91.0 Å². The van der Waals surface area contributed by atoms with Crippen molar-refractivity contribution in [1.29, 1.82) is 0 Å². The van der Waals surface area contributed by atoms with Crippen molar-refractivity contribution in [1.82, 2.24) is 24.4 Å². The van der Waals surface area contributed by atoms with Gasteiger partial charge in [-0.15, -0.1) is 0 Å². The van der Waals surface area contributed by atoms with Gasteiger partial charge in [0.2, 0.25) is 0 Å². The molecule has 0 unspecified atom stereocenters. The van der Waals surface area contributed by atoms with Crippen molar-refractivity contribution in [2.75, 3.05) is 7.11 Å². The first-order valence-electron chi connectivity index (χ1n) is 12.4. The van der Waals surface area contributed by atoms with Crippen molar-refractivity contribution in [3.8, 4) is 11.4 Å². The number of carbonyl (C=O) groups is 1. The van der Waals surface area contributed by atoms with Crippen LogP contribution in [-0.4, -0.2) is 38.2 Å². The predicted octanol–water partition coefficient (Wildman–Crippen LogP) is 5.82. The number of aromatic nitrogens is 4. The van der Waals surface area contributed by atoms with Gasteiger partial charge in [-0.2, -0.15) is 0 Å². The van der Waals surface area contributed by atoms with E-state index in [-0.39, 0.29) is 28.2 Å². The summed E-state index contributed by atoms with van der Waals surface area (Å²) in [6.45, 7) is 0.440. The zero-order chi connectivity index (χ0) is 27.7. The Morgan fingerprint density at radius 2 is 1.92 bits per heavy atom. The van der Waals surface area contributed by atoms with Crippen molar-refractivity contribution in [2.24, 2.45) is 5.92 Å². The fourth-order valence-corrected chi connectivity index (χ4v) is 5.45. The summed E-state index contributed by atoms with van der Waals surface area (Å²) >= 11 is 12.4. The van der Waals surface area contributed by atoms with Gasteiger partial charge in [-0.3, -0.25) is 18.9 Å². The number of ether oxygens (including phenoxy) is 1. The third kappa shape index (κ3) is 5.49. The van der Waals surface area contributed by atoms with Gasteiger partial charge in [0, 0.05) is 31.0 Å². The van der Waals surface area contributed by atoms with Crippen molar-refractivity contribution in [3.05, 3.63) is 80.6 Å². The number of hydrogen-bond acceptors (Lipinski definition) is 5. The Bertz CT molecular complexity index is 1580. The minimum Gasteiger partial charge on any atom is -0.497 e. The number of fused-ring (bicyclic) bond motifs is 1. The zero-order valence-corrected chi connectivity index (χ0v) is 22.4. The number of nitrogens with one attached hydrogen (secondary N) is 1. The molecule has 0 atom stereocenters. The Balaban J connectivity index is 1.33. The van der Waals surface area contributed by atoms with E-state index in [1.807, 2.05) is 6.07 Å². The van der Waals surface area contributed by atoms with Crippen molar-refractivity contribution in [3.63, 3.8) is 0 Å². The Kier molecular flexibility index (Phi) is 7.86. The summed E-state index contributed by atoms with van der Waals surface area (Å²) in [6.07, 6.45) is 2.58. The standard InChI is InChI=1S/C27H25Cl2F2N5O3/c1-39-18-8-9-20(29)22(12-18)36-21-3-2-10-32-25(21)35(27(36)38)14-15-4-6-17(7-5-15)34-26(37)19-11-16(28)13-33-23(19)24(30)31/h2-3,8-13,15,17,24H,4-7,14H2,1H3,(H,34,37)/t15-,17-. The summed E-state index contributed by atoms with van der Waals surface area (Å²) in [5.41, 5.74) is 0.602. The SMILES string of the molecule is COc1ccc(Cl)c(-n2c(=O)n(C[C@H]3CC[C@H](NC(=O)c4cc(Cl)cnc4C(F)F)CC3)c3ncccc32)c1. The van der Waals surface area contributed by atoms with Crippen LogP contribution in [0.1, 0.15) is 48.2 Å². The largest absolute Gasteiger partial charge is 0.497 e. The second-order valence-electron chi connectivity index (χ2n) is 9.47. The molecular weight excluding hydrogens is 551 g/mol. The van der Waals surface area contributed by atoms with E-state index in [0.717, 1.165) is 19.0 Å². The molecule has 0 aliphatic heterocycles. The monoisotopic (exact) mass is 575 g/mol. The van der Waals surface area contributed by atoms with Crippen LogP contribution in [-0.2, 0) is 6.54 Å². The molecule has 3 heterocycles. The van der Waals surface area contributed by atoms with Crippen LogP contribution in [0.2, 0.25) is 10.0 Å². The van der Waals surface area contributed by atoms with E-state index in [4.69, 9.17) is 27.9 Å². The van der Waals surface area contributed by atoms with Crippen molar-refractivity contribution >= 4 is 40.3 Å². The predicted molar refractivity (Wildman–Crippen MR) is 144 cm³/mol. The van der Waals surface area contributed by atoms with Crippen LogP contribution in [0.25, 0.3) is 16.9 Å². The third-order valence-electron chi connectivity index (χ3n) is 7.04. The van der Waals surface area contributed by atoms with Gasteiger partial charge >= 0.3 is 5.69 Å². The number of amides is 1. The number of alkyl halides is 2. The van der Waals surface area contributed by atoms with E-state index in [9.17, 15) is 18.4 Å². The zero-order valence-electron chi connectivity index (χ0n) is 20.9. The minimum absolute atomic E-state index is 0.113. The fraction of sp³-hybridized carbons (Fsp3) is 0.333. The van der Waals surface area contributed by atoms with Gasteiger partial charge in [-0.05, 0) is 61.9 Å². The maximum Gasteiger partial charge on any atom is 0.335 e. The van der Waals surface area contributed by atoms with Gasteiger partial charge < -0.3 is 10.1 Å². The van der Waals surface area contributed by atoms with E-state index in [0.29, 0.717) is 47.0 Å². The Morgan fingerprint density at radius 3 is 2.64 bits per heavy atom. The van der Waals surface area contributed by atoms with Crippen molar-refractivity contribution in [2.45, 2.75) is 44.7 Å². The first kappa shape index (κ1) is 27.1. The summed E-state index contributed by atoms with van der Waals surface area (Å²) in [4.78, 5) is 34.5. The highest BCUT2D eigenvalue weighted by atomic mass is 35.5. The highest BCUT2D eigenvalue weighted by Crippen LogP contribution is 2.30. The molecule has 1 fully saturated rings. The number of hydrogen-bond donors (Lipinski definition) is 1. The van der Waals surface area contributed by atoms with E-state index in [2.05, 4.69) is 15.3 Å². The number of imidazole rings is 1. The molecule has 0 saturated heterocycles. The van der Waals surface area contributed by atoms with Crippen LogP contribution in [0, 0.1) is 5.92 Å². The van der Waals surface area contributed by atoms with Crippen LogP contribution < -0.4 is 15.7 Å². The van der Waals surface area contributed by atoms with Gasteiger partial charge in [-0.25, -0.2) is 18.6 Å². The summed E-state index contributed by atoms with van der Waals surface area (Å²) in [6, 6.07) is 9.72.